The summed E-state index contributed by atoms with van der Waals surface area (Å²) in [6, 6.07) is 7.30. The van der Waals surface area contributed by atoms with Crippen LogP contribution in [-0.2, 0) is 6.42 Å². The van der Waals surface area contributed by atoms with Crippen molar-refractivity contribution in [3.63, 3.8) is 0 Å². The van der Waals surface area contributed by atoms with E-state index in [0.717, 1.165) is 24.3 Å². The Labute approximate surface area is 179 Å². The SMILES string of the molecule is CC1(C)CC(=O)c2cc(C(=O)N3CCC(c4nnc5ccccn45)CC3)c(=O)[nH]c2C1. The maximum Gasteiger partial charge on any atom is 0.261 e. The van der Waals surface area contributed by atoms with Crippen LogP contribution in [0.4, 0.5) is 0 Å². The number of carbonyl (C=O) groups excluding carboxylic acids is 2. The van der Waals surface area contributed by atoms with Crippen LogP contribution < -0.4 is 5.56 Å². The molecule has 3 aromatic heterocycles. The number of carbonyl (C=O) groups is 2. The van der Waals surface area contributed by atoms with E-state index in [2.05, 4.69) is 15.2 Å². The predicted molar refractivity (Wildman–Crippen MR) is 114 cm³/mol. The smallest absolute Gasteiger partial charge is 0.261 e. The fourth-order valence-electron chi connectivity index (χ4n) is 4.84. The van der Waals surface area contributed by atoms with E-state index < -0.39 is 5.56 Å². The molecule has 1 saturated heterocycles. The Morgan fingerprint density at radius 2 is 1.90 bits per heavy atom. The van der Waals surface area contributed by atoms with Crippen molar-refractivity contribution < 1.29 is 9.59 Å². The van der Waals surface area contributed by atoms with E-state index in [0.29, 0.717) is 37.2 Å². The van der Waals surface area contributed by atoms with Crippen LogP contribution in [0.15, 0.2) is 35.3 Å². The average molecular weight is 419 g/mol. The molecule has 1 amide bonds. The van der Waals surface area contributed by atoms with Gasteiger partial charge in [0.05, 0.1) is 0 Å². The molecule has 5 rings (SSSR count). The number of aromatic nitrogens is 4. The highest BCUT2D eigenvalue weighted by atomic mass is 16.2. The van der Waals surface area contributed by atoms with Gasteiger partial charge >= 0.3 is 0 Å². The van der Waals surface area contributed by atoms with E-state index in [1.54, 1.807) is 4.90 Å². The Hall–Kier alpha value is -3.29. The summed E-state index contributed by atoms with van der Waals surface area (Å²) >= 11 is 0. The van der Waals surface area contributed by atoms with Gasteiger partial charge in [-0.05, 0) is 42.9 Å². The molecule has 0 atom stereocenters. The number of rotatable bonds is 2. The summed E-state index contributed by atoms with van der Waals surface area (Å²) in [6.45, 7) is 5.08. The number of ketones is 1. The third kappa shape index (κ3) is 3.45. The topological polar surface area (TPSA) is 100 Å². The fourth-order valence-corrected chi connectivity index (χ4v) is 4.84. The van der Waals surface area contributed by atoms with Crippen LogP contribution in [-0.4, -0.2) is 49.3 Å². The van der Waals surface area contributed by atoms with Gasteiger partial charge in [-0.2, -0.15) is 0 Å². The van der Waals surface area contributed by atoms with Crippen molar-refractivity contribution >= 4 is 17.3 Å². The summed E-state index contributed by atoms with van der Waals surface area (Å²) in [5, 5.41) is 8.57. The number of hydrogen-bond donors (Lipinski definition) is 1. The molecule has 1 aliphatic heterocycles. The van der Waals surface area contributed by atoms with Gasteiger partial charge in [0.25, 0.3) is 11.5 Å². The highest BCUT2D eigenvalue weighted by Gasteiger charge is 2.34. The van der Waals surface area contributed by atoms with Gasteiger partial charge < -0.3 is 9.88 Å². The Bertz CT molecular complexity index is 1250. The minimum Gasteiger partial charge on any atom is -0.338 e. The third-order valence-corrected chi connectivity index (χ3v) is 6.44. The largest absolute Gasteiger partial charge is 0.338 e. The Kier molecular flexibility index (Phi) is 4.53. The fraction of sp³-hybridized carbons (Fsp3) is 0.435. The van der Waals surface area contributed by atoms with Crippen LogP contribution in [0.25, 0.3) is 5.65 Å². The van der Waals surface area contributed by atoms with Crippen molar-refractivity contribution in [2.75, 3.05) is 13.1 Å². The van der Waals surface area contributed by atoms with E-state index in [-0.39, 0.29) is 28.6 Å². The highest BCUT2D eigenvalue weighted by Crippen LogP contribution is 2.34. The predicted octanol–water partition coefficient (Wildman–Crippen LogP) is 2.59. The Morgan fingerprint density at radius 3 is 2.68 bits per heavy atom. The van der Waals surface area contributed by atoms with Crippen molar-refractivity contribution in [1.29, 1.82) is 0 Å². The summed E-state index contributed by atoms with van der Waals surface area (Å²) in [4.78, 5) is 42.9. The number of nitrogens with zero attached hydrogens (tertiary/aromatic N) is 4. The standard InChI is InChI=1S/C23H25N5O3/c1-23(2)12-17-15(18(29)13-23)11-16(21(30)24-17)22(31)27-9-6-14(7-10-27)20-26-25-19-5-3-4-8-28(19)20/h3-5,8,11,14H,6-7,9-10,12-13H2,1-2H3,(H,24,30). The second-order valence-corrected chi connectivity index (χ2v) is 9.40. The molecule has 0 bridgehead atoms. The first kappa shape index (κ1) is 19.7. The van der Waals surface area contributed by atoms with Gasteiger partial charge in [0.2, 0.25) is 0 Å². The van der Waals surface area contributed by atoms with Crippen molar-refractivity contribution in [2.45, 2.75) is 45.4 Å². The zero-order valence-corrected chi connectivity index (χ0v) is 17.7. The molecule has 8 nitrogen and oxygen atoms in total. The molecule has 0 radical (unpaired) electrons. The molecule has 8 heteroatoms. The maximum absolute atomic E-state index is 13.1. The highest BCUT2D eigenvalue weighted by molar-refractivity contribution is 6.02. The van der Waals surface area contributed by atoms with Crippen LogP contribution in [0, 0.1) is 5.41 Å². The zero-order valence-electron chi connectivity index (χ0n) is 17.7. The number of nitrogens with one attached hydrogen (secondary N) is 1. The number of likely N-dealkylation sites (tertiary alicyclic amines) is 1. The lowest BCUT2D eigenvalue weighted by Gasteiger charge is -2.32. The molecule has 1 fully saturated rings. The number of aromatic amines is 1. The first-order valence-electron chi connectivity index (χ1n) is 10.7. The van der Waals surface area contributed by atoms with E-state index in [9.17, 15) is 14.4 Å². The summed E-state index contributed by atoms with van der Waals surface area (Å²) in [5.74, 6) is 0.773. The summed E-state index contributed by atoms with van der Waals surface area (Å²) in [6.07, 6.45) is 4.48. The van der Waals surface area contributed by atoms with Crippen molar-refractivity contribution in [1.82, 2.24) is 24.5 Å². The van der Waals surface area contributed by atoms with Crippen molar-refractivity contribution in [3.05, 3.63) is 63.5 Å². The zero-order chi connectivity index (χ0) is 21.8. The Morgan fingerprint density at radius 1 is 1.13 bits per heavy atom. The van der Waals surface area contributed by atoms with Crippen LogP contribution in [0.5, 0.6) is 0 Å². The molecule has 3 aromatic rings. The quantitative estimate of drug-likeness (QED) is 0.688. The van der Waals surface area contributed by atoms with Crippen LogP contribution in [0.2, 0.25) is 0 Å². The molecule has 0 unspecified atom stereocenters. The van der Waals surface area contributed by atoms with Gasteiger partial charge in [-0.1, -0.05) is 19.9 Å². The molecule has 1 N–H and O–H groups in total. The molecule has 2 aliphatic rings. The Balaban J connectivity index is 1.35. The number of pyridine rings is 2. The second kappa shape index (κ2) is 7.14. The summed E-state index contributed by atoms with van der Waals surface area (Å²) < 4.78 is 1.99. The van der Waals surface area contributed by atoms with Crippen molar-refractivity contribution in [3.8, 4) is 0 Å². The lowest BCUT2D eigenvalue weighted by atomic mass is 9.75. The normalized spacial score (nSPS) is 18.9. The van der Waals surface area contributed by atoms with Crippen LogP contribution >= 0.6 is 0 Å². The minimum absolute atomic E-state index is 0.0195. The molecule has 160 valence electrons. The van der Waals surface area contributed by atoms with Crippen LogP contribution in [0.3, 0.4) is 0 Å². The lowest BCUT2D eigenvalue weighted by Crippen LogP contribution is -2.41. The van der Waals surface area contributed by atoms with Crippen molar-refractivity contribution in [2.24, 2.45) is 5.41 Å². The van der Waals surface area contributed by atoms with E-state index in [1.807, 2.05) is 42.6 Å². The van der Waals surface area contributed by atoms with Gasteiger partial charge in [0, 0.05) is 42.9 Å². The molecular weight excluding hydrogens is 394 g/mol. The lowest BCUT2D eigenvalue weighted by molar-refractivity contribution is 0.0709. The first-order valence-corrected chi connectivity index (χ1v) is 10.7. The van der Waals surface area contributed by atoms with E-state index >= 15 is 0 Å². The van der Waals surface area contributed by atoms with Gasteiger partial charge in [0.15, 0.2) is 11.4 Å². The number of amides is 1. The monoisotopic (exact) mass is 419 g/mol. The maximum atomic E-state index is 13.1. The molecule has 0 spiro atoms. The number of H-pyrrole nitrogens is 1. The number of hydrogen-bond acceptors (Lipinski definition) is 5. The number of Topliss-reactive ketones (excluding diaryl/α,β-unsaturated/α-hetero) is 1. The molecule has 31 heavy (non-hydrogen) atoms. The van der Waals surface area contributed by atoms with Crippen LogP contribution in [0.1, 0.15) is 71.3 Å². The van der Waals surface area contributed by atoms with E-state index in [1.165, 1.54) is 6.07 Å². The molecule has 0 aromatic carbocycles. The van der Waals surface area contributed by atoms with Gasteiger partial charge in [-0.3, -0.25) is 18.8 Å². The average Bonchev–Trinajstić information content (AvgIpc) is 3.16. The minimum atomic E-state index is -0.417. The van der Waals surface area contributed by atoms with Gasteiger partial charge in [0.1, 0.15) is 11.4 Å². The molecule has 0 saturated carbocycles. The van der Waals surface area contributed by atoms with E-state index in [4.69, 9.17) is 0 Å². The van der Waals surface area contributed by atoms with Gasteiger partial charge in [-0.15, -0.1) is 10.2 Å². The summed E-state index contributed by atoms with van der Waals surface area (Å²) in [5.41, 5.74) is 1.38. The molecular formula is C23H25N5O3. The number of fused-ring (bicyclic) bond motifs is 2. The second-order valence-electron chi connectivity index (χ2n) is 9.40. The summed E-state index contributed by atoms with van der Waals surface area (Å²) in [7, 11) is 0. The first-order chi connectivity index (χ1) is 14.8. The van der Waals surface area contributed by atoms with Gasteiger partial charge in [-0.25, -0.2) is 0 Å². The molecule has 4 heterocycles. The third-order valence-electron chi connectivity index (χ3n) is 6.44. The molecule has 1 aliphatic carbocycles. The number of piperidine rings is 1.